The van der Waals surface area contributed by atoms with Crippen molar-refractivity contribution in [2.75, 3.05) is 25.6 Å². The van der Waals surface area contributed by atoms with Gasteiger partial charge in [0, 0.05) is 5.56 Å². The number of nitrogens with zero attached hydrogens (tertiary/aromatic N) is 1. The molecule has 0 saturated carbocycles. The number of hydrogen-bond acceptors (Lipinski definition) is 8. The quantitative estimate of drug-likeness (QED) is 0.271. The second-order valence-corrected chi connectivity index (χ2v) is 9.68. The summed E-state index contributed by atoms with van der Waals surface area (Å²) in [5, 5.41) is 3.81. The van der Waals surface area contributed by atoms with E-state index in [2.05, 4.69) is 10.7 Å². The molecule has 3 aromatic rings. The van der Waals surface area contributed by atoms with E-state index >= 15 is 0 Å². The number of nitrogens with one attached hydrogen (secondary N) is 2. The number of benzene rings is 3. The lowest BCUT2D eigenvalue weighted by Crippen LogP contribution is -2.44. The van der Waals surface area contributed by atoms with Gasteiger partial charge in [0.25, 0.3) is 17.7 Å². The number of amides is 3. The first kappa shape index (κ1) is 27.7. The molecule has 1 heterocycles. The van der Waals surface area contributed by atoms with Crippen molar-refractivity contribution in [3.05, 3.63) is 88.8 Å². The van der Waals surface area contributed by atoms with Crippen LogP contribution in [-0.4, -0.2) is 47.4 Å². The van der Waals surface area contributed by atoms with Crippen LogP contribution < -0.4 is 25.0 Å². The van der Waals surface area contributed by atoms with Crippen LogP contribution >= 0.6 is 24.0 Å². The molecule has 1 aliphatic heterocycles. The van der Waals surface area contributed by atoms with E-state index in [4.69, 9.17) is 26.4 Å². The molecule has 1 saturated heterocycles. The molecule has 0 aromatic heterocycles. The van der Waals surface area contributed by atoms with E-state index in [1.807, 2.05) is 6.92 Å². The van der Waals surface area contributed by atoms with Crippen LogP contribution in [0, 0.1) is 0 Å². The van der Waals surface area contributed by atoms with Gasteiger partial charge < -0.3 is 19.5 Å². The van der Waals surface area contributed by atoms with Crippen molar-refractivity contribution in [1.82, 2.24) is 10.4 Å². The minimum absolute atomic E-state index is 0.210. The number of para-hydroxylation sites is 2. The SMILES string of the molecule is CCOc1cc(C=C2SC(=S)N(NC(=O)c3ccccc3)C2=O)ccc1OCC(=O)Nc1ccccc1OC. The maximum atomic E-state index is 13.0. The maximum absolute atomic E-state index is 13.0. The summed E-state index contributed by atoms with van der Waals surface area (Å²) in [6.45, 7) is 1.93. The Bertz CT molecular complexity index is 1430. The number of rotatable bonds is 10. The molecule has 11 heteroatoms. The number of thioether (sulfide) groups is 1. The first-order chi connectivity index (χ1) is 18.9. The summed E-state index contributed by atoms with van der Waals surface area (Å²) in [6.07, 6.45) is 1.65. The zero-order chi connectivity index (χ0) is 27.8. The molecule has 0 radical (unpaired) electrons. The molecule has 39 heavy (non-hydrogen) atoms. The summed E-state index contributed by atoms with van der Waals surface area (Å²) >= 11 is 6.39. The van der Waals surface area contributed by atoms with Crippen LogP contribution in [0.3, 0.4) is 0 Å². The van der Waals surface area contributed by atoms with Crippen LogP contribution in [0.2, 0.25) is 0 Å². The molecule has 4 rings (SSSR count). The van der Waals surface area contributed by atoms with Crippen molar-refractivity contribution in [3.8, 4) is 17.2 Å². The van der Waals surface area contributed by atoms with Crippen molar-refractivity contribution in [2.45, 2.75) is 6.92 Å². The predicted octanol–water partition coefficient (Wildman–Crippen LogP) is 4.66. The van der Waals surface area contributed by atoms with E-state index in [1.54, 1.807) is 78.9 Å². The zero-order valence-corrected chi connectivity index (χ0v) is 22.8. The van der Waals surface area contributed by atoms with E-state index in [-0.39, 0.29) is 16.8 Å². The molecule has 0 spiro atoms. The third kappa shape index (κ3) is 6.95. The van der Waals surface area contributed by atoms with Crippen LogP contribution in [0.25, 0.3) is 6.08 Å². The predicted molar refractivity (Wildman–Crippen MR) is 154 cm³/mol. The van der Waals surface area contributed by atoms with Gasteiger partial charge in [0.05, 0.1) is 24.3 Å². The molecule has 0 aliphatic carbocycles. The van der Waals surface area contributed by atoms with Crippen molar-refractivity contribution >= 4 is 57.8 Å². The average Bonchev–Trinajstić information content (AvgIpc) is 3.20. The fourth-order valence-electron chi connectivity index (χ4n) is 3.55. The lowest BCUT2D eigenvalue weighted by atomic mass is 10.2. The summed E-state index contributed by atoms with van der Waals surface area (Å²) < 4.78 is 16.9. The highest BCUT2D eigenvalue weighted by molar-refractivity contribution is 8.26. The third-order valence-corrected chi connectivity index (χ3v) is 6.65. The smallest absolute Gasteiger partial charge is 0.285 e. The number of hydrazine groups is 1. The standard InChI is InChI=1S/C28H25N3O6S2/c1-3-36-23-15-18(13-14-22(23)37-17-25(32)29-20-11-7-8-12-21(20)35-2)16-24-27(34)31(28(38)39-24)30-26(33)19-9-5-4-6-10-19/h4-16H,3,17H2,1-2H3,(H,29,32)(H,30,33). The molecule has 0 bridgehead atoms. The Kier molecular flexibility index (Phi) is 9.18. The topological polar surface area (TPSA) is 106 Å². The molecular weight excluding hydrogens is 538 g/mol. The Labute approximate surface area is 235 Å². The fraction of sp³-hybridized carbons (Fsp3) is 0.143. The molecule has 200 valence electrons. The number of hydrogen-bond donors (Lipinski definition) is 2. The highest BCUT2D eigenvalue weighted by Crippen LogP contribution is 2.34. The zero-order valence-electron chi connectivity index (χ0n) is 21.1. The van der Waals surface area contributed by atoms with E-state index < -0.39 is 11.8 Å². The van der Waals surface area contributed by atoms with Crippen molar-refractivity contribution in [2.24, 2.45) is 0 Å². The van der Waals surface area contributed by atoms with Crippen LogP contribution in [-0.2, 0) is 9.59 Å². The van der Waals surface area contributed by atoms with E-state index in [0.717, 1.165) is 16.8 Å². The van der Waals surface area contributed by atoms with Crippen molar-refractivity contribution in [3.63, 3.8) is 0 Å². The van der Waals surface area contributed by atoms with Crippen molar-refractivity contribution in [1.29, 1.82) is 0 Å². The molecule has 1 fully saturated rings. The van der Waals surface area contributed by atoms with Gasteiger partial charge in [-0.2, -0.15) is 5.01 Å². The number of ether oxygens (including phenoxy) is 3. The number of carbonyl (C=O) groups is 3. The molecule has 9 nitrogen and oxygen atoms in total. The summed E-state index contributed by atoms with van der Waals surface area (Å²) in [5.74, 6) is 0.0576. The summed E-state index contributed by atoms with van der Waals surface area (Å²) in [5.41, 5.74) is 4.15. The van der Waals surface area contributed by atoms with Gasteiger partial charge in [0.15, 0.2) is 22.4 Å². The van der Waals surface area contributed by atoms with Gasteiger partial charge in [0.2, 0.25) is 0 Å². The Morgan fingerprint density at radius 1 is 0.974 bits per heavy atom. The Balaban J connectivity index is 1.43. The monoisotopic (exact) mass is 563 g/mol. The number of carbonyl (C=O) groups excluding carboxylic acids is 3. The van der Waals surface area contributed by atoms with Gasteiger partial charge >= 0.3 is 0 Å². The summed E-state index contributed by atoms with van der Waals surface area (Å²) in [4.78, 5) is 38.2. The molecule has 3 amide bonds. The van der Waals surface area contributed by atoms with E-state index in [1.165, 1.54) is 7.11 Å². The Hall–Kier alpha value is -4.35. The van der Waals surface area contributed by atoms with Crippen molar-refractivity contribution < 1.29 is 28.6 Å². The maximum Gasteiger partial charge on any atom is 0.285 e. The second-order valence-electron chi connectivity index (χ2n) is 8.00. The van der Waals surface area contributed by atoms with Crippen LogP contribution in [0.1, 0.15) is 22.8 Å². The number of thiocarbonyl (C=S) groups is 1. The highest BCUT2D eigenvalue weighted by atomic mass is 32.2. The second kappa shape index (κ2) is 12.9. The highest BCUT2D eigenvalue weighted by Gasteiger charge is 2.33. The Morgan fingerprint density at radius 3 is 2.46 bits per heavy atom. The van der Waals surface area contributed by atoms with Gasteiger partial charge in [-0.15, -0.1) is 0 Å². The first-order valence-electron chi connectivity index (χ1n) is 11.9. The van der Waals surface area contributed by atoms with Gasteiger partial charge in [-0.3, -0.25) is 19.8 Å². The summed E-state index contributed by atoms with van der Waals surface area (Å²) in [7, 11) is 1.52. The molecule has 3 aromatic carbocycles. The van der Waals surface area contributed by atoms with Crippen LogP contribution in [0.5, 0.6) is 17.2 Å². The molecule has 0 unspecified atom stereocenters. The minimum Gasteiger partial charge on any atom is -0.495 e. The van der Waals surface area contributed by atoms with Crippen LogP contribution in [0.4, 0.5) is 5.69 Å². The molecule has 0 atom stereocenters. The van der Waals surface area contributed by atoms with Crippen LogP contribution in [0.15, 0.2) is 77.7 Å². The minimum atomic E-state index is -0.444. The lowest BCUT2D eigenvalue weighted by molar-refractivity contribution is -0.123. The molecule has 2 N–H and O–H groups in total. The summed E-state index contributed by atoms with van der Waals surface area (Å²) in [6, 6.07) is 20.7. The number of anilines is 1. The third-order valence-electron chi connectivity index (χ3n) is 5.35. The molecular formula is C28H25N3O6S2. The average molecular weight is 564 g/mol. The van der Waals surface area contributed by atoms with E-state index in [0.29, 0.717) is 45.6 Å². The Morgan fingerprint density at radius 2 is 1.72 bits per heavy atom. The van der Waals surface area contributed by atoms with Gasteiger partial charge in [-0.05, 0) is 67.2 Å². The normalized spacial score (nSPS) is 13.8. The number of methoxy groups -OCH3 is 1. The van der Waals surface area contributed by atoms with E-state index in [9.17, 15) is 14.4 Å². The molecule has 1 aliphatic rings. The largest absolute Gasteiger partial charge is 0.495 e. The van der Waals surface area contributed by atoms with Gasteiger partial charge in [-0.1, -0.05) is 48.2 Å². The first-order valence-corrected chi connectivity index (χ1v) is 13.1. The fourth-order valence-corrected chi connectivity index (χ4v) is 4.73. The van der Waals surface area contributed by atoms with Gasteiger partial charge in [-0.25, -0.2) is 0 Å². The van der Waals surface area contributed by atoms with Gasteiger partial charge in [0.1, 0.15) is 5.75 Å². The lowest BCUT2D eigenvalue weighted by Gasteiger charge is -2.15.